The molecule has 0 unspecified atom stereocenters. The number of para-hydroxylation sites is 5. The van der Waals surface area contributed by atoms with Crippen molar-refractivity contribution in [1.29, 1.82) is 0 Å². The predicted molar refractivity (Wildman–Crippen MR) is 233 cm³/mol. The van der Waals surface area contributed by atoms with Crippen molar-refractivity contribution in [3.8, 4) is 34.4 Å². The molecule has 0 N–H and O–H groups in total. The second kappa shape index (κ2) is 14.3. The fraction of sp³-hybridized carbons (Fsp3) is 0.0769. The molecule has 6 nitrogen and oxygen atoms in total. The third-order valence-corrected chi connectivity index (χ3v) is 11.1. The van der Waals surface area contributed by atoms with E-state index < -0.39 is 0 Å². The molecule has 0 radical (unpaired) electrons. The molecule has 0 atom stereocenters. The number of imidazole rings is 1. The summed E-state index contributed by atoms with van der Waals surface area (Å²) in [5.41, 5.74) is 10.4. The van der Waals surface area contributed by atoms with E-state index in [-0.39, 0.29) is 26.5 Å². The van der Waals surface area contributed by atoms with Crippen LogP contribution >= 0.6 is 0 Å². The number of aromatic nitrogens is 5. The van der Waals surface area contributed by atoms with Gasteiger partial charge in [-0.3, -0.25) is 4.57 Å². The van der Waals surface area contributed by atoms with Crippen LogP contribution < -0.4 is 9.30 Å². The number of benzene rings is 7. The van der Waals surface area contributed by atoms with Crippen LogP contribution in [0.3, 0.4) is 0 Å². The van der Waals surface area contributed by atoms with E-state index >= 15 is 0 Å². The number of fused-ring (bicyclic) bond motifs is 7. The van der Waals surface area contributed by atoms with E-state index in [2.05, 4.69) is 168 Å². The quantitative estimate of drug-likeness (QED) is 0.123. The first-order valence-corrected chi connectivity index (χ1v) is 19.6. The average molecular weight is 943 g/mol. The molecule has 0 spiro atoms. The van der Waals surface area contributed by atoms with Gasteiger partial charge in [-0.05, 0) is 76.6 Å². The smallest absolute Gasteiger partial charge is 0.268 e. The van der Waals surface area contributed by atoms with Gasteiger partial charge < -0.3 is 18.4 Å². The van der Waals surface area contributed by atoms with Crippen LogP contribution in [-0.4, -0.2) is 18.7 Å². The van der Waals surface area contributed by atoms with Gasteiger partial charge in [-0.15, -0.1) is 29.7 Å². The minimum absolute atomic E-state index is 0. The summed E-state index contributed by atoms with van der Waals surface area (Å²) < 4.78 is 15.3. The van der Waals surface area contributed by atoms with Crippen molar-refractivity contribution in [2.45, 2.75) is 26.2 Å². The van der Waals surface area contributed by atoms with E-state index in [0.717, 1.165) is 55.7 Å². The van der Waals surface area contributed by atoms with Crippen LogP contribution in [0.15, 0.2) is 170 Å². The van der Waals surface area contributed by atoms with Crippen LogP contribution in [0.5, 0.6) is 11.5 Å². The van der Waals surface area contributed by atoms with Crippen molar-refractivity contribution in [1.82, 2.24) is 18.7 Å². The maximum Gasteiger partial charge on any atom is 0.268 e. The first kappa shape index (κ1) is 36.6. The Morgan fingerprint density at radius 3 is 2.00 bits per heavy atom. The second-order valence-electron chi connectivity index (χ2n) is 15.7. The fourth-order valence-corrected chi connectivity index (χ4v) is 8.31. The first-order chi connectivity index (χ1) is 28.4. The minimum atomic E-state index is -0.0537. The molecular formula is C52H37N5OPt-2. The Morgan fingerprint density at radius 2 is 1.24 bits per heavy atom. The molecule has 0 saturated heterocycles. The summed E-state index contributed by atoms with van der Waals surface area (Å²) in [5.74, 6) is 2.00. The van der Waals surface area contributed by atoms with Crippen molar-refractivity contribution in [3.05, 3.63) is 194 Å². The average Bonchev–Trinajstić information content (AvgIpc) is 3.92. The standard InChI is InChI=1S/C52H37N5O.Pt/c1-52(2,3)35-28-29-53-51(30-35)57-47-27-24-38(56-45-20-9-7-18-41(45)42-19-8-10-21-46(42)56)32-44(47)43-26-25-40(33-50(43)57)58-39-17-13-16-37(31-39)55-34-54(36-14-5-4-6-15-36)48-22-11-12-23-49(48)55;/h4-30,32H,1-3H3;/q-2;. The van der Waals surface area contributed by atoms with E-state index in [9.17, 15) is 0 Å². The molecule has 0 amide bonds. The Kier molecular flexibility index (Phi) is 8.84. The van der Waals surface area contributed by atoms with Crippen LogP contribution in [-0.2, 0) is 26.5 Å². The number of hydrogen-bond acceptors (Lipinski definition) is 2. The summed E-state index contributed by atoms with van der Waals surface area (Å²) in [6.07, 6.45) is 5.46. The second-order valence-corrected chi connectivity index (χ2v) is 15.7. The molecule has 11 rings (SSSR count). The number of nitrogens with zero attached hydrogens (tertiary/aromatic N) is 5. The largest absolute Gasteiger partial charge is 0.510 e. The Balaban J connectivity index is 0.00000420. The Labute approximate surface area is 356 Å². The van der Waals surface area contributed by atoms with Crippen molar-refractivity contribution in [2.75, 3.05) is 0 Å². The molecule has 4 heterocycles. The molecule has 7 aromatic carbocycles. The van der Waals surface area contributed by atoms with E-state index in [1.165, 1.54) is 27.4 Å². The maximum atomic E-state index is 6.61. The predicted octanol–water partition coefficient (Wildman–Crippen LogP) is 12.0. The summed E-state index contributed by atoms with van der Waals surface area (Å²) in [6, 6.07) is 64.1. The van der Waals surface area contributed by atoms with E-state index in [4.69, 9.17) is 9.72 Å². The van der Waals surface area contributed by atoms with Gasteiger partial charge in [0.25, 0.3) is 6.33 Å². The van der Waals surface area contributed by atoms with Crippen LogP contribution in [0.25, 0.3) is 77.5 Å². The zero-order valence-corrected chi connectivity index (χ0v) is 34.9. The number of rotatable bonds is 6. The van der Waals surface area contributed by atoms with Crippen molar-refractivity contribution in [2.24, 2.45) is 0 Å². The van der Waals surface area contributed by atoms with Gasteiger partial charge in [0.1, 0.15) is 5.82 Å². The molecule has 11 aromatic rings. The number of ether oxygens (including phenoxy) is 1. The molecule has 4 aromatic heterocycles. The SMILES string of the molecule is CC(C)(C)c1ccnc(-n2c3[c-]c(Oc4[c-]c(-n5[c-][n+](-c6ccccc6)c6ccccc65)ccc4)ccc3c3cc(-n4c5ccccc5c5ccccc54)ccc32)c1.[Pt]. The van der Waals surface area contributed by atoms with Crippen LogP contribution in [0, 0.1) is 18.5 Å². The Morgan fingerprint density at radius 1 is 0.559 bits per heavy atom. The summed E-state index contributed by atoms with van der Waals surface area (Å²) in [5, 5.41) is 4.64. The number of pyridine rings is 1. The van der Waals surface area contributed by atoms with Gasteiger partial charge in [-0.1, -0.05) is 105 Å². The number of hydrogen-bond donors (Lipinski definition) is 0. The minimum Gasteiger partial charge on any atom is -0.510 e. The first-order valence-electron chi connectivity index (χ1n) is 19.6. The van der Waals surface area contributed by atoms with Gasteiger partial charge in [-0.2, -0.15) is 18.2 Å². The van der Waals surface area contributed by atoms with Gasteiger partial charge in [0.2, 0.25) is 0 Å². The topological polar surface area (TPSA) is 40.8 Å². The van der Waals surface area contributed by atoms with E-state index in [1.54, 1.807) is 0 Å². The van der Waals surface area contributed by atoms with Gasteiger partial charge in [0.05, 0.1) is 27.8 Å². The van der Waals surface area contributed by atoms with E-state index in [0.29, 0.717) is 11.5 Å². The molecule has 0 aliphatic rings. The zero-order chi connectivity index (χ0) is 39.0. The van der Waals surface area contributed by atoms with Gasteiger partial charge >= 0.3 is 0 Å². The summed E-state index contributed by atoms with van der Waals surface area (Å²) in [6.45, 7) is 6.69. The summed E-state index contributed by atoms with van der Waals surface area (Å²) in [4.78, 5) is 4.94. The molecule has 7 heteroatoms. The molecule has 0 aliphatic heterocycles. The summed E-state index contributed by atoms with van der Waals surface area (Å²) >= 11 is 0. The maximum absolute atomic E-state index is 6.61. The Hall–Kier alpha value is -6.75. The summed E-state index contributed by atoms with van der Waals surface area (Å²) in [7, 11) is 0. The third kappa shape index (κ3) is 6.14. The molecule has 59 heavy (non-hydrogen) atoms. The molecular weight excluding hydrogens is 906 g/mol. The molecule has 288 valence electrons. The molecule has 0 saturated carbocycles. The molecule has 0 bridgehead atoms. The molecule has 0 aliphatic carbocycles. The van der Waals surface area contributed by atoms with E-state index in [1.807, 2.05) is 59.3 Å². The van der Waals surface area contributed by atoms with Crippen LogP contribution in [0.1, 0.15) is 26.3 Å². The molecule has 0 fully saturated rings. The van der Waals surface area contributed by atoms with Crippen LogP contribution in [0.4, 0.5) is 0 Å². The van der Waals surface area contributed by atoms with Crippen molar-refractivity contribution in [3.63, 3.8) is 0 Å². The van der Waals surface area contributed by atoms with Gasteiger partial charge in [0, 0.05) is 60.7 Å². The fourth-order valence-electron chi connectivity index (χ4n) is 8.31. The normalized spacial score (nSPS) is 11.8. The van der Waals surface area contributed by atoms with Gasteiger partial charge in [0.15, 0.2) is 0 Å². The van der Waals surface area contributed by atoms with Gasteiger partial charge in [-0.25, -0.2) is 4.98 Å². The van der Waals surface area contributed by atoms with Crippen LogP contribution in [0.2, 0.25) is 0 Å². The monoisotopic (exact) mass is 942 g/mol. The van der Waals surface area contributed by atoms with Crippen molar-refractivity contribution < 1.29 is 30.4 Å². The third-order valence-electron chi connectivity index (χ3n) is 11.1. The zero-order valence-electron chi connectivity index (χ0n) is 32.6. The van der Waals surface area contributed by atoms with Crippen molar-refractivity contribution >= 4 is 54.6 Å². The Bertz CT molecular complexity index is 3320.